The van der Waals surface area contributed by atoms with Crippen LogP contribution in [-0.2, 0) is 7.05 Å². The SMILES string of the molecule is Cc1ccc(/C=C/c2nc(C(C)C)c(C(C)C)n2C)cc1. The minimum atomic E-state index is 0.454. The molecule has 2 rings (SSSR count). The lowest BCUT2D eigenvalue weighted by Gasteiger charge is -2.11. The topological polar surface area (TPSA) is 17.8 Å². The molecule has 2 nitrogen and oxygen atoms in total. The van der Waals surface area contributed by atoms with E-state index in [1.54, 1.807) is 0 Å². The molecule has 1 aromatic carbocycles. The van der Waals surface area contributed by atoms with Crippen LogP contribution in [0, 0.1) is 6.92 Å². The molecule has 0 aliphatic rings. The fraction of sp³-hybridized carbons (Fsp3) is 0.421. The molecule has 0 N–H and O–H groups in total. The molecule has 1 aromatic heterocycles. The first-order valence-electron chi connectivity index (χ1n) is 7.71. The molecule has 0 spiro atoms. The molecular weight excluding hydrogens is 256 g/mol. The molecule has 2 heteroatoms. The van der Waals surface area contributed by atoms with E-state index < -0.39 is 0 Å². The molecule has 21 heavy (non-hydrogen) atoms. The standard InChI is InChI=1S/C19H26N2/c1-13(2)18-19(14(3)4)21(6)17(20-18)12-11-16-9-7-15(5)8-10-16/h7-14H,1-6H3/b12-11+. The van der Waals surface area contributed by atoms with Crippen LogP contribution in [0.5, 0.6) is 0 Å². The second-order valence-corrected chi connectivity index (χ2v) is 6.35. The van der Waals surface area contributed by atoms with Gasteiger partial charge in [0.2, 0.25) is 0 Å². The summed E-state index contributed by atoms with van der Waals surface area (Å²) in [5, 5.41) is 0. The lowest BCUT2D eigenvalue weighted by molar-refractivity contribution is 0.706. The summed E-state index contributed by atoms with van der Waals surface area (Å²) >= 11 is 0. The summed E-state index contributed by atoms with van der Waals surface area (Å²) in [5.74, 6) is 1.97. The van der Waals surface area contributed by atoms with Crippen LogP contribution in [0.25, 0.3) is 12.2 Å². The van der Waals surface area contributed by atoms with E-state index in [1.807, 2.05) is 0 Å². The van der Waals surface area contributed by atoms with E-state index in [0.29, 0.717) is 11.8 Å². The van der Waals surface area contributed by atoms with Crippen molar-refractivity contribution in [2.45, 2.75) is 46.5 Å². The van der Waals surface area contributed by atoms with E-state index in [0.717, 1.165) is 5.82 Å². The van der Waals surface area contributed by atoms with Crippen molar-refractivity contribution in [3.05, 3.63) is 52.6 Å². The van der Waals surface area contributed by atoms with Crippen molar-refractivity contribution in [1.29, 1.82) is 0 Å². The molecule has 2 aromatic rings. The van der Waals surface area contributed by atoms with Crippen molar-refractivity contribution in [2.75, 3.05) is 0 Å². The number of aromatic nitrogens is 2. The Labute approximate surface area is 128 Å². The zero-order valence-electron chi connectivity index (χ0n) is 14.0. The second kappa shape index (κ2) is 6.30. The normalized spacial score (nSPS) is 12.0. The van der Waals surface area contributed by atoms with Crippen LogP contribution in [0.3, 0.4) is 0 Å². The van der Waals surface area contributed by atoms with Gasteiger partial charge in [0.1, 0.15) is 5.82 Å². The average molecular weight is 282 g/mol. The van der Waals surface area contributed by atoms with E-state index in [9.17, 15) is 0 Å². The summed E-state index contributed by atoms with van der Waals surface area (Å²) in [6.45, 7) is 11.0. The molecule has 0 saturated heterocycles. The highest BCUT2D eigenvalue weighted by Crippen LogP contribution is 2.26. The van der Waals surface area contributed by atoms with Crippen LogP contribution in [-0.4, -0.2) is 9.55 Å². The summed E-state index contributed by atoms with van der Waals surface area (Å²) in [6, 6.07) is 8.55. The van der Waals surface area contributed by atoms with Crippen molar-refractivity contribution >= 4 is 12.2 Å². The van der Waals surface area contributed by atoms with Gasteiger partial charge in [-0.15, -0.1) is 0 Å². The second-order valence-electron chi connectivity index (χ2n) is 6.35. The fourth-order valence-corrected chi connectivity index (χ4v) is 2.66. The van der Waals surface area contributed by atoms with Gasteiger partial charge in [-0.05, 0) is 30.4 Å². The van der Waals surface area contributed by atoms with Crippen molar-refractivity contribution in [1.82, 2.24) is 9.55 Å². The first-order valence-corrected chi connectivity index (χ1v) is 7.71. The Morgan fingerprint density at radius 1 is 0.952 bits per heavy atom. The van der Waals surface area contributed by atoms with Gasteiger partial charge in [-0.3, -0.25) is 0 Å². The Hall–Kier alpha value is -1.83. The molecule has 0 amide bonds. The van der Waals surface area contributed by atoms with E-state index in [-0.39, 0.29) is 0 Å². The number of imidazole rings is 1. The monoisotopic (exact) mass is 282 g/mol. The Balaban J connectivity index is 2.36. The zero-order chi connectivity index (χ0) is 15.6. The number of nitrogens with zero attached hydrogens (tertiary/aromatic N) is 2. The highest BCUT2D eigenvalue weighted by Gasteiger charge is 2.18. The van der Waals surface area contributed by atoms with Gasteiger partial charge < -0.3 is 4.57 Å². The smallest absolute Gasteiger partial charge is 0.132 e. The van der Waals surface area contributed by atoms with Gasteiger partial charge in [-0.25, -0.2) is 4.98 Å². The van der Waals surface area contributed by atoms with Gasteiger partial charge in [0.15, 0.2) is 0 Å². The first-order chi connectivity index (χ1) is 9.90. The zero-order valence-corrected chi connectivity index (χ0v) is 14.0. The molecule has 0 bridgehead atoms. The lowest BCUT2D eigenvalue weighted by atomic mass is 10.0. The van der Waals surface area contributed by atoms with Crippen LogP contribution in [0.4, 0.5) is 0 Å². The number of aryl methyl sites for hydroxylation is 1. The van der Waals surface area contributed by atoms with Gasteiger partial charge in [0.25, 0.3) is 0 Å². The number of hydrogen-bond donors (Lipinski definition) is 0. The van der Waals surface area contributed by atoms with Gasteiger partial charge >= 0.3 is 0 Å². The molecule has 0 radical (unpaired) electrons. The van der Waals surface area contributed by atoms with Crippen molar-refractivity contribution in [3.63, 3.8) is 0 Å². The molecular formula is C19H26N2. The molecule has 0 atom stereocenters. The minimum absolute atomic E-state index is 0.454. The van der Waals surface area contributed by atoms with Gasteiger partial charge in [0, 0.05) is 12.7 Å². The van der Waals surface area contributed by atoms with Gasteiger partial charge in [-0.1, -0.05) is 63.6 Å². The van der Waals surface area contributed by atoms with Crippen LogP contribution < -0.4 is 0 Å². The van der Waals surface area contributed by atoms with Crippen molar-refractivity contribution < 1.29 is 0 Å². The predicted octanol–water partition coefficient (Wildman–Crippen LogP) is 5.15. The summed E-state index contributed by atoms with van der Waals surface area (Å²) in [4.78, 5) is 4.84. The summed E-state index contributed by atoms with van der Waals surface area (Å²) in [7, 11) is 2.11. The largest absolute Gasteiger partial charge is 0.331 e. The minimum Gasteiger partial charge on any atom is -0.331 e. The van der Waals surface area contributed by atoms with E-state index in [1.165, 1.54) is 22.5 Å². The van der Waals surface area contributed by atoms with Crippen molar-refractivity contribution in [2.24, 2.45) is 7.05 Å². The third-order valence-corrected chi connectivity index (χ3v) is 3.80. The Morgan fingerprint density at radius 3 is 2.05 bits per heavy atom. The molecule has 1 heterocycles. The number of rotatable bonds is 4. The maximum absolute atomic E-state index is 4.84. The fourth-order valence-electron chi connectivity index (χ4n) is 2.66. The van der Waals surface area contributed by atoms with Gasteiger partial charge in [-0.2, -0.15) is 0 Å². The summed E-state index contributed by atoms with van der Waals surface area (Å²) in [6.07, 6.45) is 4.25. The van der Waals surface area contributed by atoms with E-state index in [2.05, 4.69) is 82.7 Å². The van der Waals surface area contributed by atoms with Crippen LogP contribution in [0.2, 0.25) is 0 Å². The maximum atomic E-state index is 4.84. The van der Waals surface area contributed by atoms with E-state index >= 15 is 0 Å². The molecule has 0 unspecified atom stereocenters. The quantitative estimate of drug-likeness (QED) is 0.758. The maximum Gasteiger partial charge on any atom is 0.132 e. The van der Waals surface area contributed by atoms with Crippen molar-refractivity contribution in [3.8, 4) is 0 Å². The Morgan fingerprint density at radius 2 is 1.57 bits per heavy atom. The van der Waals surface area contributed by atoms with Crippen LogP contribution >= 0.6 is 0 Å². The molecule has 0 aliphatic heterocycles. The summed E-state index contributed by atoms with van der Waals surface area (Å²) < 4.78 is 2.23. The number of hydrogen-bond acceptors (Lipinski definition) is 1. The highest BCUT2D eigenvalue weighted by molar-refractivity contribution is 5.67. The molecule has 0 saturated carbocycles. The Bertz CT molecular complexity index is 628. The molecule has 112 valence electrons. The Kier molecular flexibility index (Phi) is 4.66. The predicted molar refractivity (Wildman–Crippen MR) is 91.5 cm³/mol. The van der Waals surface area contributed by atoms with Crippen LogP contribution in [0.15, 0.2) is 24.3 Å². The van der Waals surface area contributed by atoms with E-state index in [4.69, 9.17) is 4.98 Å². The first kappa shape index (κ1) is 15.6. The average Bonchev–Trinajstić information content (AvgIpc) is 2.75. The molecule has 0 fully saturated rings. The van der Waals surface area contributed by atoms with Gasteiger partial charge in [0.05, 0.1) is 5.69 Å². The highest BCUT2D eigenvalue weighted by atomic mass is 15.1. The molecule has 0 aliphatic carbocycles. The summed E-state index contributed by atoms with van der Waals surface area (Å²) in [5.41, 5.74) is 5.05. The third kappa shape index (κ3) is 3.44. The third-order valence-electron chi connectivity index (χ3n) is 3.80. The number of benzene rings is 1. The van der Waals surface area contributed by atoms with Crippen LogP contribution in [0.1, 0.15) is 67.9 Å². The lowest BCUT2D eigenvalue weighted by Crippen LogP contribution is -2.03.